The van der Waals surface area contributed by atoms with Gasteiger partial charge in [0, 0.05) is 12.1 Å². The summed E-state index contributed by atoms with van der Waals surface area (Å²) in [5.74, 6) is -0.578. The molecule has 0 bridgehead atoms. The van der Waals surface area contributed by atoms with Gasteiger partial charge >= 0.3 is 0 Å². The number of hydrogen-bond acceptors (Lipinski definition) is 1. The minimum Gasteiger partial charge on any atom is -0.352 e. The van der Waals surface area contributed by atoms with Gasteiger partial charge in [-0.05, 0) is 31.2 Å². The molecule has 0 fully saturated rings. The van der Waals surface area contributed by atoms with Gasteiger partial charge in [0.1, 0.15) is 5.82 Å². The molecular formula is C9H9FNO. The SMILES string of the molecule is [CH2]CNC(=O)c1ccc(F)cc1. The molecule has 1 aromatic carbocycles. The van der Waals surface area contributed by atoms with Gasteiger partial charge in [-0.25, -0.2) is 4.39 Å². The molecule has 0 atom stereocenters. The van der Waals surface area contributed by atoms with Crippen molar-refractivity contribution in [1.29, 1.82) is 0 Å². The van der Waals surface area contributed by atoms with E-state index in [2.05, 4.69) is 12.2 Å². The minimum absolute atomic E-state index is 0.231. The van der Waals surface area contributed by atoms with Crippen LogP contribution in [0.2, 0.25) is 0 Å². The zero-order valence-electron chi connectivity index (χ0n) is 6.51. The highest BCUT2D eigenvalue weighted by molar-refractivity contribution is 5.94. The van der Waals surface area contributed by atoms with Gasteiger partial charge in [0.05, 0.1) is 0 Å². The van der Waals surface area contributed by atoms with Crippen molar-refractivity contribution in [2.45, 2.75) is 0 Å². The fraction of sp³-hybridized carbons (Fsp3) is 0.111. The highest BCUT2D eigenvalue weighted by Crippen LogP contribution is 2.01. The van der Waals surface area contributed by atoms with Crippen molar-refractivity contribution in [1.82, 2.24) is 5.32 Å². The molecule has 1 aromatic rings. The van der Waals surface area contributed by atoms with Crippen molar-refractivity contribution < 1.29 is 9.18 Å². The Hall–Kier alpha value is -1.38. The third-order valence-electron chi connectivity index (χ3n) is 1.39. The van der Waals surface area contributed by atoms with E-state index in [1.54, 1.807) is 0 Å². The van der Waals surface area contributed by atoms with Crippen molar-refractivity contribution in [3.63, 3.8) is 0 Å². The van der Waals surface area contributed by atoms with Crippen molar-refractivity contribution in [3.8, 4) is 0 Å². The van der Waals surface area contributed by atoms with Crippen LogP contribution in [-0.2, 0) is 0 Å². The maximum Gasteiger partial charge on any atom is 0.251 e. The summed E-state index contributed by atoms with van der Waals surface area (Å²) in [5, 5.41) is 2.51. The Morgan fingerprint density at radius 1 is 1.42 bits per heavy atom. The zero-order chi connectivity index (χ0) is 8.97. The summed E-state index contributed by atoms with van der Waals surface area (Å²) >= 11 is 0. The lowest BCUT2D eigenvalue weighted by molar-refractivity contribution is 0.0958. The first-order chi connectivity index (χ1) is 5.74. The summed E-state index contributed by atoms with van der Waals surface area (Å²) in [6, 6.07) is 5.36. The van der Waals surface area contributed by atoms with E-state index in [0.717, 1.165) is 0 Å². The van der Waals surface area contributed by atoms with E-state index in [-0.39, 0.29) is 11.7 Å². The second-order valence-corrected chi connectivity index (χ2v) is 2.26. The molecule has 0 aromatic heterocycles. The number of hydrogen-bond donors (Lipinski definition) is 1. The number of carbonyl (C=O) groups excluding carboxylic acids is 1. The fourth-order valence-corrected chi connectivity index (χ4v) is 0.817. The first-order valence-electron chi connectivity index (χ1n) is 3.57. The lowest BCUT2D eigenvalue weighted by Crippen LogP contribution is -2.22. The van der Waals surface area contributed by atoms with Crippen LogP contribution in [0.1, 0.15) is 10.4 Å². The van der Waals surface area contributed by atoms with Crippen LogP contribution < -0.4 is 5.32 Å². The molecule has 0 saturated carbocycles. The van der Waals surface area contributed by atoms with Gasteiger partial charge in [-0.2, -0.15) is 0 Å². The summed E-state index contributed by atoms with van der Waals surface area (Å²) in [6.07, 6.45) is 0. The molecule has 1 radical (unpaired) electrons. The van der Waals surface area contributed by atoms with Crippen LogP contribution in [0.25, 0.3) is 0 Å². The highest BCUT2D eigenvalue weighted by Gasteiger charge is 2.02. The molecule has 0 aliphatic heterocycles. The smallest absolute Gasteiger partial charge is 0.251 e. The molecular weight excluding hydrogens is 157 g/mol. The lowest BCUT2D eigenvalue weighted by Gasteiger charge is -2.00. The zero-order valence-corrected chi connectivity index (χ0v) is 6.51. The van der Waals surface area contributed by atoms with Gasteiger partial charge in [-0.3, -0.25) is 4.79 Å². The largest absolute Gasteiger partial charge is 0.352 e. The van der Waals surface area contributed by atoms with E-state index < -0.39 is 0 Å². The Balaban J connectivity index is 2.75. The predicted molar refractivity (Wildman–Crippen MR) is 44.1 cm³/mol. The molecule has 0 heterocycles. The summed E-state index contributed by atoms with van der Waals surface area (Å²) in [4.78, 5) is 11.1. The maximum absolute atomic E-state index is 12.4. The van der Waals surface area contributed by atoms with Gasteiger partial charge < -0.3 is 5.32 Å². The van der Waals surface area contributed by atoms with E-state index in [9.17, 15) is 9.18 Å². The molecule has 0 aliphatic carbocycles. The van der Waals surface area contributed by atoms with Gasteiger partial charge in [-0.1, -0.05) is 0 Å². The van der Waals surface area contributed by atoms with Gasteiger partial charge in [0.25, 0.3) is 5.91 Å². The Morgan fingerprint density at radius 3 is 2.50 bits per heavy atom. The molecule has 2 nitrogen and oxygen atoms in total. The van der Waals surface area contributed by atoms with Crippen LogP contribution in [0, 0.1) is 12.7 Å². The third-order valence-corrected chi connectivity index (χ3v) is 1.39. The lowest BCUT2D eigenvalue weighted by atomic mass is 10.2. The summed E-state index contributed by atoms with van der Waals surface area (Å²) in [6.45, 7) is 3.79. The highest BCUT2D eigenvalue weighted by atomic mass is 19.1. The Morgan fingerprint density at radius 2 is 2.00 bits per heavy atom. The summed E-state index contributed by atoms with van der Waals surface area (Å²) < 4.78 is 12.4. The molecule has 0 unspecified atom stereocenters. The van der Waals surface area contributed by atoms with Crippen LogP contribution in [0.4, 0.5) is 4.39 Å². The fourth-order valence-electron chi connectivity index (χ4n) is 0.817. The molecule has 0 saturated heterocycles. The second-order valence-electron chi connectivity index (χ2n) is 2.26. The van der Waals surface area contributed by atoms with Crippen molar-refractivity contribution in [2.24, 2.45) is 0 Å². The van der Waals surface area contributed by atoms with Crippen LogP contribution in [-0.4, -0.2) is 12.5 Å². The average molecular weight is 166 g/mol. The molecule has 3 heteroatoms. The van der Waals surface area contributed by atoms with Crippen LogP contribution >= 0.6 is 0 Å². The van der Waals surface area contributed by atoms with E-state index in [4.69, 9.17) is 0 Å². The quantitative estimate of drug-likeness (QED) is 0.706. The van der Waals surface area contributed by atoms with E-state index in [0.29, 0.717) is 12.1 Å². The molecule has 1 N–H and O–H groups in total. The molecule has 1 rings (SSSR count). The second kappa shape index (κ2) is 3.85. The number of rotatable bonds is 2. The number of carbonyl (C=O) groups is 1. The van der Waals surface area contributed by atoms with Crippen molar-refractivity contribution in [2.75, 3.05) is 6.54 Å². The molecule has 1 amide bonds. The summed E-state index contributed by atoms with van der Waals surface area (Å²) in [7, 11) is 0. The first kappa shape index (κ1) is 8.71. The summed E-state index contributed by atoms with van der Waals surface area (Å²) in [5.41, 5.74) is 0.444. The van der Waals surface area contributed by atoms with Gasteiger partial charge in [0.15, 0.2) is 0 Å². The Kier molecular flexibility index (Phi) is 2.80. The van der Waals surface area contributed by atoms with E-state index in [1.807, 2.05) is 0 Å². The Labute approximate surface area is 70.4 Å². The maximum atomic E-state index is 12.4. The van der Waals surface area contributed by atoms with E-state index in [1.165, 1.54) is 24.3 Å². The van der Waals surface area contributed by atoms with Crippen molar-refractivity contribution >= 4 is 5.91 Å². The number of amides is 1. The van der Waals surface area contributed by atoms with Crippen LogP contribution in [0.3, 0.4) is 0 Å². The van der Waals surface area contributed by atoms with Crippen LogP contribution in [0.15, 0.2) is 24.3 Å². The van der Waals surface area contributed by atoms with Gasteiger partial charge in [0.2, 0.25) is 0 Å². The molecule has 0 aliphatic rings. The number of halogens is 1. The topological polar surface area (TPSA) is 29.1 Å². The van der Waals surface area contributed by atoms with Crippen LogP contribution in [0.5, 0.6) is 0 Å². The minimum atomic E-state index is -0.346. The third kappa shape index (κ3) is 2.05. The van der Waals surface area contributed by atoms with Gasteiger partial charge in [-0.15, -0.1) is 0 Å². The number of nitrogens with one attached hydrogen (secondary N) is 1. The van der Waals surface area contributed by atoms with E-state index >= 15 is 0 Å². The molecule has 12 heavy (non-hydrogen) atoms. The first-order valence-corrected chi connectivity index (χ1v) is 3.57. The molecule has 0 spiro atoms. The normalized spacial score (nSPS) is 9.50. The molecule has 63 valence electrons. The average Bonchev–Trinajstić information content (AvgIpc) is 2.06. The Bertz CT molecular complexity index is 268. The number of benzene rings is 1. The van der Waals surface area contributed by atoms with Crippen molar-refractivity contribution in [3.05, 3.63) is 42.6 Å². The monoisotopic (exact) mass is 166 g/mol. The predicted octanol–water partition coefficient (Wildman–Crippen LogP) is 1.39. The standard InChI is InChI=1S/C9H9FNO/c1-2-11-9(12)7-3-5-8(10)6-4-7/h3-6H,1-2H2,(H,11,12).